The topological polar surface area (TPSA) is 120 Å². The van der Waals surface area contributed by atoms with E-state index in [1.54, 1.807) is 0 Å². The van der Waals surface area contributed by atoms with Crippen LogP contribution in [-0.2, 0) is 23.7 Å². The summed E-state index contributed by atoms with van der Waals surface area (Å²) in [5.74, 6) is 0. The summed E-state index contributed by atoms with van der Waals surface area (Å²) in [5.41, 5.74) is -2.16. The van der Waals surface area contributed by atoms with Crippen LogP contribution in [0, 0.1) is 5.41 Å². The monoisotopic (exact) mass is 360 g/mol. The Hall–Kier alpha value is -0.320. The van der Waals surface area contributed by atoms with Gasteiger partial charge in [-0.05, 0) is 0 Å². The van der Waals surface area contributed by atoms with Crippen LogP contribution in [0.4, 0.5) is 0 Å². The third-order valence-corrected chi connectivity index (χ3v) is 5.87. The van der Waals surface area contributed by atoms with Gasteiger partial charge in [0.05, 0.1) is 81.7 Å². The van der Waals surface area contributed by atoms with E-state index in [2.05, 4.69) is 0 Å². The van der Waals surface area contributed by atoms with Crippen molar-refractivity contribution in [1.82, 2.24) is 0 Å². The summed E-state index contributed by atoms with van der Waals surface area (Å²) in [6.07, 6.45) is 0.467. The zero-order valence-electron chi connectivity index (χ0n) is 14.3. The predicted octanol–water partition coefficient (Wildman–Crippen LogP) is -1.16. The van der Waals surface area contributed by atoms with Crippen molar-refractivity contribution in [2.24, 2.45) is 5.41 Å². The van der Waals surface area contributed by atoms with E-state index in [0.29, 0.717) is 52.3 Å². The van der Waals surface area contributed by atoms with Crippen molar-refractivity contribution in [2.75, 3.05) is 46.2 Å². The van der Waals surface area contributed by atoms with Gasteiger partial charge in [0.15, 0.2) is 0 Å². The normalized spacial score (nSPS) is 36.6. The lowest BCUT2D eigenvalue weighted by atomic mass is 9.63. The Morgan fingerprint density at radius 3 is 1.72 bits per heavy atom. The summed E-state index contributed by atoms with van der Waals surface area (Å²) in [6, 6.07) is 0. The molecule has 4 aliphatic rings. The highest BCUT2D eigenvalue weighted by molar-refractivity contribution is 5.09. The Morgan fingerprint density at radius 2 is 1.32 bits per heavy atom. The van der Waals surface area contributed by atoms with Crippen molar-refractivity contribution in [3.05, 3.63) is 0 Å². The molecule has 5 unspecified atom stereocenters. The number of hydrogen-bond donors (Lipinski definition) is 3. The van der Waals surface area contributed by atoms with Gasteiger partial charge in [0, 0.05) is 19.3 Å². The number of hydrogen-bond acceptors (Lipinski definition) is 8. The van der Waals surface area contributed by atoms with Crippen LogP contribution < -0.4 is 0 Å². The van der Waals surface area contributed by atoms with Crippen molar-refractivity contribution in [1.29, 1.82) is 0 Å². The summed E-state index contributed by atoms with van der Waals surface area (Å²) >= 11 is 0. The predicted molar refractivity (Wildman–Crippen MR) is 84.1 cm³/mol. The van der Waals surface area contributed by atoms with Gasteiger partial charge < -0.3 is 39.0 Å². The number of ether oxygens (including phenoxy) is 5. The molecule has 0 aromatic rings. The second-order valence-corrected chi connectivity index (χ2v) is 7.76. The fourth-order valence-electron chi connectivity index (χ4n) is 3.81. The fraction of sp³-hybridized carbons (Fsp3) is 1.00. The van der Waals surface area contributed by atoms with Gasteiger partial charge in [0.1, 0.15) is 6.10 Å². The Balaban J connectivity index is 1.61. The van der Waals surface area contributed by atoms with Gasteiger partial charge >= 0.3 is 0 Å². The number of aliphatic hydroxyl groups is 3. The summed E-state index contributed by atoms with van der Waals surface area (Å²) in [4.78, 5) is 0. The second kappa shape index (κ2) is 7.01. The molecule has 4 saturated heterocycles. The molecule has 3 N–H and O–H groups in total. The van der Waals surface area contributed by atoms with E-state index in [9.17, 15) is 15.3 Å². The Bertz CT molecular complexity index is 438. The van der Waals surface area contributed by atoms with Crippen LogP contribution in [0.2, 0.25) is 0 Å². The molecule has 4 fully saturated rings. The average molecular weight is 360 g/mol. The molecule has 4 rings (SSSR count). The van der Waals surface area contributed by atoms with Gasteiger partial charge in [-0.25, -0.2) is 0 Å². The summed E-state index contributed by atoms with van der Waals surface area (Å²) < 4.78 is 27.7. The second-order valence-electron chi connectivity index (χ2n) is 7.76. The van der Waals surface area contributed by atoms with E-state index in [1.807, 2.05) is 0 Å². The molecular weight excluding hydrogens is 332 g/mol. The van der Waals surface area contributed by atoms with Crippen LogP contribution in [0.25, 0.3) is 0 Å². The van der Waals surface area contributed by atoms with Crippen LogP contribution in [-0.4, -0.2) is 97.7 Å². The molecule has 25 heavy (non-hydrogen) atoms. The maximum absolute atomic E-state index is 11.0. The molecule has 0 aromatic carbocycles. The van der Waals surface area contributed by atoms with Gasteiger partial charge in [-0.2, -0.15) is 0 Å². The van der Waals surface area contributed by atoms with Crippen molar-refractivity contribution < 1.29 is 39.0 Å². The molecule has 0 radical (unpaired) electrons. The van der Waals surface area contributed by atoms with E-state index in [0.717, 1.165) is 0 Å². The molecule has 5 atom stereocenters. The number of aliphatic hydroxyl groups excluding tert-OH is 3. The Labute approximate surface area is 147 Å². The third-order valence-electron chi connectivity index (χ3n) is 5.87. The van der Waals surface area contributed by atoms with Crippen molar-refractivity contribution in [3.63, 3.8) is 0 Å². The SMILES string of the molecule is OCC(CO)(C(O)CC1CO1)C(CC1CO1)(CC1CO1)OCC1CO1. The van der Waals surface area contributed by atoms with Crippen molar-refractivity contribution in [2.45, 2.75) is 55.4 Å². The standard InChI is InChI=1S/C17H28O8/c18-9-16(10-19,15(20)1-11-4-21-11)17(2-12-5-22-12,3-13-6-23-13)25-8-14-7-24-14/h11-15,18-20H,1-10H2. The molecule has 0 bridgehead atoms. The zero-order chi connectivity index (χ0) is 17.5. The van der Waals surface area contributed by atoms with Gasteiger partial charge in [-0.1, -0.05) is 0 Å². The number of epoxide rings is 4. The first kappa shape index (κ1) is 18.1. The number of rotatable bonds is 13. The van der Waals surface area contributed by atoms with E-state index < -0.39 is 17.1 Å². The molecule has 0 aliphatic carbocycles. The lowest BCUT2D eigenvalue weighted by Crippen LogP contribution is -2.62. The Morgan fingerprint density at radius 1 is 0.840 bits per heavy atom. The molecule has 0 spiro atoms. The lowest BCUT2D eigenvalue weighted by Gasteiger charge is -2.51. The van der Waals surface area contributed by atoms with Gasteiger partial charge in [-0.15, -0.1) is 0 Å². The van der Waals surface area contributed by atoms with Crippen LogP contribution in [0.1, 0.15) is 19.3 Å². The lowest BCUT2D eigenvalue weighted by molar-refractivity contribution is -0.222. The summed E-state index contributed by atoms with van der Waals surface area (Å²) in [6.45, 7) is 2.11. The first-order valence-electron chi connectivity index (χ1n) is 9.11. The van der Waals surface area contributed by atoms with Crippen LogP contribution in [0.3, 0.4) is 0 Å². The highest BCUT2D eigenvalue weighted by Crippen LogP contribution is 2.49. The van der Waals surface area contributed by atoms with E-state index in [4.69, 9.17) is 23.7 Å². The van der Waals surface area contributed by atoms with Crippen molar-refractivity contribution >= 4 is 0 Å². The minimum atomic E-state index is -1.22. The average Bonchev–Trinajstić information content (AvgIpc) is 3.45. The minimum absolute atomic E-state index is 0.0146. The molecule has 4 heterocycles. The largest absolute Gasteiger partial charge is 0.395 e. The Kier molecular flexibility index (Phi) is 5.07. The van der Waals surface area contributed by atoms with E-state index in [1.165, 1.54) is 0 Å². The van der Waals surface area contributed by atoms with E-state index >= 15 is 0 Å². The molecule has 0 saturated carbocycles. The maximum atomic E-state index is 11.0. The molecule has 0 aromatic heterocycles. The highest BCUT2D eigenvalue weighted by Gasteiger charge is 2.60. The molecule has 0 amide bonds. The quantitative estimate of drug-likeness (QED) is 0.352. The zero-order valence-corrected chi connectivity index (χ0v) is 14.3. The van der Waals surface area contributed by atoms with Crippen molar-refractivity contribution in [3.8, 4) is 0 Å². The third kappa shape index (κ3) is 4.01. The van der Waals surface area contributed by atoms with Crippen LogP contribution in [0.15, 0.2) is 0 Å². The fourth-order valence-corrected chi connectivity index (χ4v) is 3.81. The smallest absolute Gasteiger partial charge is 0.104 e. The maximum Gasteiger partial charge on any atom is 0.104 e. The van der Waals surface area contributed by atoms with Gasteiger partial charge in [0.25, 0.3) is 0 Å². The summed E-state index contributed by atoms with van der Waals surface area (Å²) in [7, 11) is 0. The van der Waals surface area contributed by atoms with Crippen LogP contribution in [0.5, 0.6) is 0 Å². The van der Waals surface area contributed by atoms with Gasteiger partial charge in [0.2, 0.25) is 0 Å². The molecular formula is C17H28O8. The summed E-state index contributed by atoms with van der Waals surface area (Å²) in [5, 5.41) is 31.6. The first-order chi connectivity index (χ1) is 12.1. The van der Waals surface area contributed by atoms with Crippen LogP contribution >= 0.6 is 0 Å². The highest BCUT2D eigenvalue weighted by atomic mass is 16.6. The molecule has 4 aliphatic heterocycles. The first-order valence-corrected chi connectivity index (χ1v) is 9.11. The molecule has 8 nitrogen and oxygen atoms in total. The molecule has 8 heteroatoms. The van der Waals surface area contributed by atoms with E-state index in [-0.39, 0.29) is 37.6 Å². The molecule has 144 valence electrons. The minimum Gasteiger partial charge on any atom is -0.395 e. The van der Waals surface area contributed by atoms with Gasteiger partial charge in [-0.3, -0.25) is 0 Å².